The summed E-state index contributed by atoms with van der Waals surface area (Å²) in [7, 11) is 0. The minimum Gasteiger partial charge on any atom is -0.387 e. The minimum atomic E-state index is -0.710. The zero-order valence-corrected chi connectivity index (χ0v) is 13.2. The molecule has 0 fully saturated rings. The van der Waals surface area contributed by atoms with Crippen LogP contribution in [0.1, 0.15) is 27.7 Å². The van der Waals surface area contributed by atoms with Crippen LogP contribution in [0.25, 0.3) is 0 Å². The fourth-order valence-corrected chi connectivity index (χ4v) is 0.698. The number of carbonyl (C=O) groups is 4. The molecule has 0 radical (unpaired) electrons. The van der Waals surface area contributed by atoms with Crippen LogP contribution in [0.5, 0.6) is 0 Å². The van der Waals surface area contributed by atoms with Crippen LogP contribution in [0.2, 0.25) is 0 Å². The molecule has 0 spiro atoms. The van der Waals surface area contributed by atoms with E-state index in [4.69, 9.17) is 0 Å². The van der Waals surface area contributed by atoms with Gasteiger partial charge in [0.1, 0.15) is 0 Å². The summed E-state index contributed by atoms with van der Waals surface area (Å²) in [6.07, 6.45) is 5.37. The molecule has 0 saturated carbocycles. The molecule has 0 heterocycles. The van der Waals surface area contributed by atoms with E-state index >= 15 is 0 Å². The van der Waals surface area contributed by atoms with Gasteiger partial charge in [-0.2, -0.15) is 0 Å². The third-order valence-electron chi connectivity index (χ3n) is 1.69. The fourth-order valence-electron chi connectivity index (χ4n) is 0.698. The number of rotatable bonds is 4. The summed E-state index contributed by atoms with van der Waals surface area (Å²) in [6.45, 7) is 12.9. The number of carbonyl (C=O) groups excluding carboxylic acids is 4. The Morgan fingerprint density at radius 3 is 1.27 bits per heavy atom. The fraction of sp³-hybridized carbons (Fsp3) is 0.250. The van der Waals surface area contributed by atoms with Gasteiger partial charge in [-0.1, -0.05) is 25.3 Å². The molecule has 0 aromatic heterocycles. The van der Waals surface area contributed by atoms with E-state index in [1.54, 1.807) is 13.8 Å². The van der Waals surface area contributed by atoms with Gasteiger partial charge in [-0.3, -0.25) is 0 Å². The SMILES string of the molecule is C/C=C/C(=O)OC(=O)/C=C/C.C=C(C)C(=O)OC(=O)C(=C)C. The molecule has 0 aliphatic heterocycles. The summed E-state index contributed by atoms with van der Waals surface area (Å²) in [4.78, 5) is 42.5. The summed E-state index contributed by atoms with van der Waals surface area (Å²) in [6, 6.07) is 0. The third kappa shape index (κ3) is 12.3. The van der Waals surface area contributed by atoms with E-state index in [1.807, 2.05) is 0 Å². The summed E-state index contributed by atoms with van der Waals surface area (Å²) >= 11 is 0. The maximum atomic E-state index is 10.7. The zero-order chi connectivity index (χ0) is 17.7. The predicted octanol–water partition coefficient (Wildman–Crippen LogP) is 2.42. The molecule has 22 heavy (non-hydrogen) atoms. The molecule has 0 N–H and O–H groups in total. The van der Waals surface area contributed by atoms with E-state index in [9.17, 15) is 19.2 Å². The quantitative estimate of drug-likeness (QED) is 0.450. The molecule has 6 heteroatoms. The van der Waals surface area contributed by atoms with Crippen LogP contribution in [0.3, 0.4) is 0 Å². The number of ether oxygens (including phenoxy) is 2. The lowest BCUT2D eigenvalue weighted by Crippen LogP contribution is -2.12. The molecular formula is C16H20O6. The van der Waals surface area contributed by atoms with E-state index in [0.29, 0.717) is 0 Å². The molecule has 0 aliphatic carbocycles. The van der Waals surface area contributed by atoms with Crippen molar-refractivity contribution >= 4 is 23.9 Å². The number of esters is 4. The van der Waals surface area contributed by atoms with E-state index in [0.717, 1.165) is 0 Å². The Labute approximate surface area is 129 Å². The highest BCUT2D eigenvalue weighted by Crippen LogP contribution is 1.97. The van der Waals surface area contributed by atoms with E-state index < -0.39 is 23.9 Å². The molecule has 120 valence electrons. The summed E-state index contributed by atoms with van der Waals surface area (Å²) in [5.41, 5.74) is 0.388. The minimum absolute atomic E-state index is 0.194. The van der Waals surface area contributed by atoms with Gasteiger partial charge in [0.25, 0.3) is 0 Å². The number of allylic oxidation sites excluding steroid dienone is 2. The van der Waals surface area contributed by atoms with Crippen LogP contribution in [-0.4, -0.2) is 23.9 Å². The van der Waals surface area contributed by atoms with Crippen LogP contribution < -0.4 is 0 Å². The highest BCUT2D eigenvalue weighted by atomic mass is 16.6. The van der Waals surface area contributed by atoms with Crippen molar-refractivity contribution < 1.29 is 28.7 Å². The molecule has 6 nitrogen and oxygen atoms in total. The van der Waals surface area contributed by atoms with Gasteiger partial charge in [0.05, 0.1) is 0 Å². The monoisotopic (exact) mass is 308 g/mol. The molecule has 0 aromatic carbocycles. The summed E-state index contributed by atoms with van der Waals surface area (Å²) in [5, 5.41) is 0. The third-order valence-corrected chi connectivity index (χ3v) is 1.69. The largest absolute Gasteiger partial charge is 0.387 e. The lowest BCUT2D eigenvalue weighted by atomic mass is 10.3. The first-order chi connectivity index (χ1) is 10.1. The van der Waals surface area contributed by atoms with Crippen molar-refractivity contribution in [2.24, 2.45) is 0 Å². The van der Waals surface area contributed by atoms with E-state index in [2.05, 4.69) is 22.6 Å². The van der Waals surface area contributed by atoms with Gasteiger partial charge in [-0.15, -0.1) is 0 Å². The van der Waals surface area contributed by atoms with Gasteiger partial charge >= 0.3 is 23.9 Å². The van der Waals surface area contributed by atoms with Crippen LogP contribution in [-0.2, 0) is 28.7 Å². The lowest BCUT2D eigenvalue weighted by molar-refractivity contribution is -0.155. The smallest absolute Gasteiger partial charge is 0.340 e. The van der Waals surface area contributed by atoms with Crippen molar-refractivity contribution in [3.8, 4) is 0 Å². The molecule has 0 saturated heterocycles. The maximum absolute atomic E-state index is 10.7. The van der Waals surface area contributed by atoms with Crippen molar-refractivity contribution in [1.29, 1.82) is 0 Å². The Bertz CT molecular complexity index is 477. The average molecular weight is 308 g/mol. The Balaban J connectivity index is 0. The van der Waals surface area contributed by atoms with Gasteiger partial charge < -0.3 is 9.47 Å². The Morgan fingerprint density at radius 2 is 1.05 bits per heavy atom. The molecule has 0 aliphatic rings. The van der Waals surface area contributed by atoms with Gasteiger partial charge in [0.2, 0.25) is 0 Å². The summed E-state index contributed by atoms with van der Waals surface area (Å²) in [5.74, 6) is -2.71. The maximum Gasteiger partial charge on any atom is 0.340 e. The zero-order valence-electron chi connectivity index (χ0n) is 13.2. The Morgan fingerprint density at radius 1 is 0.727 bits per heavy atom. The van der Waals surface area contributed by atoms with Crippen molar-refractivity contribution in [1.82, 2.24) is 0 Å². The molecule has 0 unspecified atom stereocenters. The highest BCUT2D eigenvalue weighted by Gasteiger charge is 2.10. The second-order valence-corrected chi connectivity index (χ2v) is 3.98. The van der Waals surface area contributed by atoms with Crippen molar-refractivity contribution in [3.05, 3.63) is 48.6 Å². The first kappa shape index (κ1) is 21.5. The average Bonchev–Trinajstić information content (AvgIpc) is 2.39. The van der Waals surface area contributed by atoms with E-state index in [1.165, 1.54) is 38.2 Å². The molecular weight excluding hydrogens is 288 g/mol. The van der Waals surface area contributed by atoms with Crippen LogP contribution >= 0.6 is 0 Å². The molecule has 0 amide bonds. The molecule has 0 aromatic rings. The molecule has 0 rings (SSSR count). The Hall–Kier alpha value is -2.76. The summed E-state index contributed by atoms with van der Waals surface area (Å²) < 4.78 is 8.58. The lowest BCUT2D eigenvalue weighted by Gasteiger charge is -1.99. The van der Waals surface area contributed by atoms with Gasteiger partial charge in [-0.25, -0.2) is 19.2 Å². The van der Waals surface area contributed by atoms with Crippen molar-refractivity contribution in [2.45, 2.75) is 27.7 Å². The van der Waals surface area contributed by atoms with Gasteiger partial charge in [0, 0.05) is 23.3 Å². The second kappa shape index (κ2) is 12.0. The second-order valence-electron chi connectivity index (χ2n) is 3.98. The van der Waals surface area contributed by atoms with E-state index in [-0.39, 0.29) is 11.1 Å². The number of hydrogen-bond acceptors (Lipinski definition) is 6. The molecule has 0 bridgehead atoms. The van der Waals surface area contributed by atoms with Crippen LogP contribution in [0, 0.1) is 0 Å². The standard InChI is InChI=1S/2C8H10O3/c1-5(2)7(9)11-8(10)6(3)4;1-3-5-7(9)11-8(10)6-4-2/h1,3H2,2,4H3;3-6H,1-2H3/b;5-3+,6-4+. The highest BCUT2D eigenvalue weighted by molar-refractivity contribution is 6.00. The van der Waals surface area contributed by atoms with Crippen molar-refractivity contribution in [2.75, 3.05) is 0 Å². The number of hydrogen-bond donors (Lipinski definition) is 0. The predicted molar refractivity (Wildman–Crippen MR) is 81.5 cm³/mol. The van der Waals surface area contributed by atoms with Gasteiger partial charge in [0.15, 0.2) is 0 Å². The van der Waals surface area contributed by atoms with Crippen LogP contribution in [0.4, 0.5) is 0 Å². The van der Waals surface area contributed by atoms with Gasteiger partial charge in [-0.05, 0) is 27.7 Å². The topological polar surface area (TPSA) is 86.7 Å². The van der Waals surface area contributed by atoms with Crippen molar-refractivity contribution in [3.63, 3.8) is 0 Å². The van der Waals surface area contributed by atoms with Crippen LogP contribution in [0.15, 0.2) is 48.6 Å². The first-order valence-electron chi connectivity index (χ1n) is 6.24. The Kier molecular flexibility index (Phi) is 11.8. The normalized spacial score (nSPS) is 9.64. The first-order valence-corrected chi connectivity index (χ1v) is 6.24. The molecule has 0 atom stereocenters.